The number of benzene rings is 1. The first-order chi connectivity index (χ1) is 10.5. The molecule has 5 heteroatoms. The minimum atomic E-state index is -0.00666. The van der Waals surface area contributed by atoms with Crippen LogP contribution in [0.3, 0.4) is 0 Å². The van der Waals surface area contributed by atoms with E-state index in [1.54, 1.807) is 11.8 Å². The minimum Gasteiger partial charge on any atom is -0.355 e. The Kier molecular flexibility index (Phi) is 8.22. The Hall–Kier alpha value is -1.88. The number of nitrogens with one attached hydrogen (secondary N) is 1. The zero-order chi connectivity index (χ0) is 16.4. The van der Waals surface area contributed by atoms with Crippen LogP contribution in [0.2, 0.25) is 0 Å². The quantitative estimate of drug-likeness (QED) is 0.744. The van der Waals surface area contributed by atoms with Crippen LogP contribution in [-0.4, -0.2) is 61.9 Å². The van der Waals surface area contributed by atoms with Gasteiger partial charge in [0.1, 0.15) is 0 Å². The fourth-order valence-corrected chi connectivity index (χ4v) is 2.08. The van der Waals surface area contributed by atoms with Crippen molar-refractivity contribution in [2.75, 3.05) is 40.3 Å². The molecule has 0 fully saturated rings. The number of carbonyl (C=O) groups excluding carboxylic acids is 2. The van der Waals surface area contributed by atoms with Gasteiger partial charge in [0.05, 0.1) is 0 Å². The second kappa shape index (κ2) is 9.95. The van der Waals surface area contributed by atoms with E-state index in [1.807, 2.05) is 49.3 Å². The molecule has 0 bridgehead atoms. The molecule has 0 aliphatic heterocycles. The molecule has 0 aliphatic rings. The highest BCUT2D eigenvalue weighted by Crippen LogP contribution is 2.02. The highest BCUT2D eigenvalue weighted by molar-refractivity contribution is 5.78. The first-order valence-electron chi connectivity index (χ1n) is 7.70. The predicted octanol–water partition coefficient (Wildman–Crippen LogP) is 1.15. The summed E-state index contributed by atoms with van der Waals surface area (Å²) in [4.78, 5) is 27.2. The van der Waals surface area contributed by atoms with Crippen LogP contribution < -0.4 is 5.32 Å². The van der Waals surface area contributed by atoms with Crippen LogP contribution in [0.4, 0.5) is 0 Å². The van der Waals surface area contributed by atoms with Crippen molar-refractivity contribution in [2.45, 2.75) is 19.8 Å². The smallest absolute Gasteiger partial charge is 0.221 e. The molecular weight excluding hydrogens is 278 g/mol. The minimum absolute atomic E-state index is 0.00666. The second-order valence-corrected chi connectivity index (χ2v) is 5.64. The van der Waals surface area contributed by atoms with E-state index in [9.17, 15) is 9.59 Å². The van der Waals surface area contributed by atoms with Gasteiger partial charge in [0, 0.05) is 39.5 Å². The van der Waals surface area contributed by atoms with Crippen LogP contribution in [-0.2, 0) is 16.0 Å². The van der Waals surface area contributed by atoms with Gasteiger partial charge in [0.2, 0.25) is 11.8 Å². The van der Waals surface area contributed by atoms with Crippen molar-refractivity contribution in [1.29, 1.82) is 0 Å². The Morgan fingerprint density at radius 3 is 2.32 bits per heavy atom. The maximum Gasteiger partial charge on any atom is 0.221 e. The van der Waals surface area contributed by atoms with Crippen molar-refractivity contribution in [2.24, 2.45) is 0 Å². The van der Waals surface area contributed by atoms with Gasteiger partial charge in [-0.2, -0.15) is 0 Å². The third kappa shape index (κ3) is 7.78. The van der Waals surface area contributed by atoms with Crippen molar-refractivity contribution in [3.63, 3.8) is 0 Å². The molecule has 0 atom stereocenters. The van der Waals surface area contributed by atoms with Crippen LogP contribution in [0.15, 0.2) is 30.3 Å². The summed E-state index contributed by atoms with van der Waals surface area (Å²) < 4.78 is 0. The first kappa shape index (κ1) is 18.2. The fourth-order valence-electron chi connectivity index (χ4n) is 2.08. The van der Waals surface area contributed by atoms with Gasteiger partial charge in [-0.3, -0.25) is 9.59 Å². The van der Waals surface area contributed by atoms with Crippen LogP contribution in [0.5, 0.6) is 0 Å². The highest BCUT2D eigenvalue weighted by Gasteiger charge is 2.11. The van der Waals surface area contributed by atoms with Crippen LogP contribution >= 0.6 is 0 Å². The standard InChI is InChI=1S/C17H27N3O2/c1-15(21)20(12-9-16-7-5-4-6-8-16)13-10-17(22)18-11-14-19(2)3/h4-8H,9-14H2,1-3H3,(H,18,22). The fraction of sp³-hybridized carbons (Fsp3) is 0.529. The van der Waals surface area contributed by atoms with E-state index in [0.29, 0.717) is 26.1 Å². The van der Waals surface area contributed by atoms with E-state index in [2.05, 4.69) is 5.32 Å². The van der Waals surface area contributed by atoms with E-state index < -0.39 is 0 Å². The van der Waals surface area contributed by atoms with Crippen molar-refractivity contribution < 1.29 is 9.59 Å². The molecule has 0 saturated carbocycles. The van der Waals surface area contributed by atoms with Crippen LogP contribution in [0.25, 0.3) is 0 Å². The monoisotopic (exact) mass is 305 g/mol. The van der Waals surface area contributed by atoms with Gasteiger partial charge in [-0.25, -0.2) is 0 Å². The molecular formula is C17H27N3O2. The van der Waals surface area contributed by atoms with Crippen molar-refractivity contribution in [3.05, 3.63) is 35.9 Å². The Labute approximate surface area is 133 Å². The number of nitrogens with zero attached hydrogens (tertiary/aromatic N) is 2. The van der Waals surface area contributed by atoms with Crippen LogP contribution in [0.1, 0.15) is 18.9 Å². The molecule has 0 aliphatic carbocycles. The third-order valence-electron chi connectivity index (χ3n) is 3.45. The summed E-state index contributed by atoms with van der Waals surface area (Å²) in [5.74, 6) is 0.00448. The summed E-state index contributed by atoms with van der Waals surface area (Å²) in [7, 11) is 3.93. The van der Waals surface area contributed by atoms with Gasteiger partial charge >= 0.3 is 0 Å². The molecule has 0 aromatic heterocycles. The average Bonchev–Trinajstić information content (AvgIpc) is 2.47. The lowest BCUT2D eigenvalue weighted by atomic mass is 10.1. The Morgan fingerprint density at radius 2 is 1.73 bits per heavy atom. The lowest BCUT2D eigenvalue weighted by Crippen LogP contribution is -2.36. The molecule has 1 aromatic carbocycles. The molecule has 122 valence electrons. The zero-order valence-electron chi connectivity index (χ0n) is 13.8. The van der Waals surface area contributed by atoms with Gasteiger partial charge in [-0.1, -0.05) is 30.3 Å². The summed E-state index contributed by atoms with van der Waals surface area (Å²) in [6, 6.07) is 10.1. The zero-order valence-corrected chi connectivity index (χ0v) is 13.8. The van der Waals surface area contributed by atoms with Crippen molar-refractivity contribution in [1.82, 2.24) is 15.1 Å². The summed E-state index contributed by atoms with van der Waals surface area (Å²) in [6.07, 6.45) is 1.16. The number of carbonyl (C=O) groups is 2. The summed E-state index contributed by atoms with van der Waals surface area (Å²) >= 11 is 0. The largest absolute Gasteiger partial charge is 0.355 e. The second-order valence-electron chi connectivity index (χ2n) is 5.64. The van der Waals surface area contributed by atoms with E-state index >= 15 is 0 Å². The Balaban J connectivity index is 2.32. The van der Waals surface area contributed by atoms with E-state index in [0.717, 1.165) is 13.0 Å². The van der Waals surface area contributed by atoms with Gasteiger partial charge in [-0.15, -0.1) is 0 Å². The average molecular weight is 305 g/mol. The number of likely N-dealkylation sites (N-methyl/N-ethyl adjacent to an activating group) is 1. The number of hydrogen-bond acceptors (Lipinski definition) is 3. The molecule has 1 aromatic rings. The topological polar surface area (TPSA) is 52.7 Å². The SMILES string of the molecule is CC(=O)N(CCC(=O)NCCN(C)C)CCc1ccccc1. The molecule has 0 heterocycles. The van der Waals surface area contributed by atoms with Gasteiger partial charge in [-0.05, 0) is 26.1 Å². The number of amides is 2. The first-order valence-corrected chi connectivity index (χ1v) is 7.70. The lowest BCUT2D eigenvalue weighted by Gasteiger charge is -2.21. The maximum absolute atomic E-state index is 11.8. The molecule has 0 radical (unpaired) electrons. The van der Waals surface area contributed by atoms with Crippen LogP contribution in [0, 0.1) is 0 Å². The Bertz CT molecular complexity index is 460. The predicted molar refractivity (Wildman–Crippen MR) is 88.6 cm³/mol. The van der Waals surface area contributed by atoms with E-state index in [1.165, 1.54) is 5.56 Å². The highest BCUT2D eigenvalue weighted by atomic mass is 16.2. The lowest BCUT2D eigenvalue weighted by molar-refractivity contribution is -0.129. The molecule has 22 heavy (non-hydrogen) atoms. The molecule has 2 amide bonds. The molecule has 1 rings (SSSR count). The Morgan fingerprint density at radius 1 is 1.05 bits per heavy atom. The normalized spacial score (nSPS) is 10.5. The summed E-state index contributed by atoms with van der Waals surface area (Å²) in [5, 5.41) is 2.86. The van der Waals surface area contributed by atoms with Gasteiger partial charge < -0.3 is 15.1 Å². The maximum atomic E-state index is 11.8. The molecule has 0 unspecified atom stereocenters. The molecule has 5 nitrogen and oxygen atoms in total. The molecule has 1 N–H and O–H groups in total. The summed E-state index contributed by atoms with van der Waals surface area (Å²) in [6.45, 7) is 4.11. The van der Waals surface area contributed by atoms with E-state index in [-0.39, 0.29) is 11.8 Å². The number of hydrogen-bond donors (Lipinski definition) is 1. The van der Waals surface area contributed by atoms with E-state index in [4.69, 9.17) is 0 Å². The summed E-state index contributed by atoms with van der Waals surface area (Å²) in [5.41, 5.74) is 1.20. The van der Waals surface area contributed by atoms with Crippen molar-refractivity contribution >= 4 is 11.8 Å². The third-order valence-corrected chi connectivity index (χ3v) is 3.45. The molecule has 0 spiro atoms. The number of rotatable bonds is 9. The van der Waals surface area contributed by atoms with Crippen molar-refractivity contribution in [3.8, 4) is 0 Å². The van der Waals surface area contributed by atoms with Gasteiger partial charge in [0.25, 0.3) is 0 Å². The van der Waals surface area contributed by atoms with Gasteiger partial charge in [0.15, 0.2) is 0 Å². The molecule has 0 saturated heterocycles.